The fourth-order valence-corrected chi connectivity index (χ4v) is 1.45. The summed E-state index contributed by atoms with van der Waals surface area (Å²) in [6, 6.07) is 0. The summed E-state index contributed by atoms with van der Waals surface area (Å²) in [5.74, 6) is -0.946. The minimum absolute atomic E-state index is 0.0345. The molecule has 1 heterocycles. The number of halogens is 1. The van der Waals surface area contributed by atoms with Gasteiger partial charge in [-0.25, -0.2) is 4.98 Å². The van der Waals surface area contributed by atoms with E-state index in [-0.39, 0.29) is 17.3 Å². The predicted octanol–water partition coefficient (Wildman–Crippen LogP) is 0.514. The molecule has 6 nitrogen and oxygen atoms in total. The number of nitrogens with zero attached hydrogens (tertiary/aromatic N) is 2. The maximum absolute atomic E-state index is 11.8. The quantitative estimate of drug-likeness (QED) is 0.820. The Bertz CT molecular complexity index is 448. The van der Waals surface area contributed by atoms with Crippen LogP contribution in [0.3, 0.4) is 0 Å². The van der Waals surface area contributed by atoms with Gasteiger partial charge in [-0.2, -0.15) is 0 Å². The summed E-state index contributed by atoms with van der Waals surface area (Å²) >= 11 is 5.62. The molecule has 0 saturated heterocycles. The first-order valence-electron chi connectivity index (χ1n) is 4.88. The van der Waals surface area contributed by atoms with Gasteiger partial charge in [-0.1, -0.05) is 11.6 Å². The van der Waals surface area contributed by atoms with Crippen molar-refractivity contribution in [3.05, 3.63) is 23.2 Å². The fraction of sp³-hybridized carbons (Fsp3) is 0.400. The highest BCUT2D eigenvalue weighted by molar-refractivity contribution is 6.29. The molecular formula is C10H13ClN4O2. The van der Waals surface area contributed by atoms with E-state index >= 15 is 0 Å². The zero-order chi connectivity index (χ0) is 13.1. The lowest BCUT2D eigenvalue weighted by molar-refractivity contribution is -0.119. The lowest BCUT2D eigenvalue weighted by Gasteiger charge is -2.24. The smallest absolute Gasteiger partial charge is 0.271 e. The number of carbonyl (C=O) groups excluding carboxylic acids is 2. The van der Waals surface area contributed by atoms with Crippen LogP contribution < -0.4 is 11.1 Å². The molecular weight excluding hydrogens is 244 g/mol. The number of amides is 2. The summed E-state index contributed by atoms with van der Waals surface area (Å²) in [6.45, 7) is 3.38. The summed E-state index contributed by atoms with van der Waals surface area (Å²) in [5.41, 5.74) is 4.43. The van der Waals surface area contributed by atoms with Crippen molar-refractivity contribution in [1.82, 2.24) is 15.3 Å². The van der Waals surface area contributed by atoms with Crippen LogP contribution >= 0.6 is 11.6 Å². The third-order valence-electron chi connectivity index (χ3n) is 1.91. The number of primary amides is 1. The highest BCUT2D eigenvalue weighted by atomic mass is 35.5. The van der Waals surface area contributed by atoms with Crippen molar-refractivity contribution in [3.63, 3.8) is 0 Å². The van der Waals surface area contributed by atoms with Gasteiger partial charge in [0, 0.05) is 12.0 Å². The molecule has 0 aromatic carbocycles. The summed E-state index contributed by atoms with van der Waals surface area (Å²) in [4.78, 5) is 30.1. The molecule has 7 heteroatoms. The van der Waals surface area contributed by atoms with E-state index in [1.165, 1.54) is 12.4 Å². The Morgan fingerprint density at radius 2 is 2.12 bits per heavy atom. The minimum Gasteiger partial charge on any atom is -0.370 e. The van der Waals surface area contributed by atoms with Crippen LogP contribution in [-0.4, -0.2) is 27.3 Å². The van der Waals surface area contributed by atoms with E-state index in [2.05, 4.69) is 15.3 Å². The summed E-state index contributed by atoms with van der Waals surface area (Å²) < 4.78 is 0. The molecule has 0 radical (unpaired) electrons. The lowest BCUT2D eigenvalue weighted by Crippen LogP contribution is -2.46. The van der Waals surface area contributed by atoms with Gasteiger partial charge < -0.3 is 11.1 Å². The first-order chi connectivity index (χ1) is 7.80. The summed E-state index contributed by atoms with van der Waals surface area (Å²) in [6.07, 6.45) is 2.65. The highest BCUT2D eigenvalue weighted by Crippen LogP contribution is 2.09. The second-order valence-electron chi connectivity index (χ2n) is 4.21. The standard InChI is InChI=1S/C10H13ClN4O2/c1-10(2,3-8(12)16)15-9(17)6-4-13-5-7(11)14-6/h4-5H,3H2,1-2H3,(H2,12,16)(H,15,17). The fourth-order valence-electron chi connectivity index (χ4n) is 1.30. The number of rotatable bonds is 4. The van der Waals surface area contributed by atoms with Gasteiger partial charge in [-0.15, -0.1) is 0 Å². The number of nitrogens with two attached hydrogens (primary N) is 1. The van der Waals surface area contributed by atoms with Gasteiger partial charge in [0.15, 0.2) is 0 Å². The van der Waals surface area contributed by atoms with Crippen molar-refractivity contribution < 1.29 is 9.59 Å². The van der Waals surface area contributed by atoms with Crippen LogP contribution in [0.1, 0.15) is 30.8 Å². The van der Waals surface area contributed by atoms with Crippen LogP contribution in [0.2, 0.25) is 5.15 Å². The predicted molar refractivity (Wildman–Crippen MR) is 62.4 cm³/mol. The number of nitrogens with one attached hydrogen (secondary N) is 1. The zero-order valence-electron chi connectivity index (χ0n) is 9.53. The van der Waals surface area contributed by atoms with E-state index < -0.39 is 17.4 Å². The molecule has 92 valence electrons. The Labute approximate surface area is 104 Å². The molecule has 0 aliphatic rings. The average molecular weight is 257 g/mol. The number of hydrogen-bond donors (Lipinski definition) is 2. The molecule has 0 spiro atoms. The zero-order valence-corrected chi connectivity index (χ0v) is 10.3. The molecule has 1 aromatic heterocycles. The van der Waals surface area contributed by atoms with Gasteiger partial charge in [-0.05, 0) is 13.8 Å². The Balaban J connectivity index is 2.75. The van der Waals surface area contributed by atoms with Gasteiger partial charge in [0.1, 0.15) is 10.8 Å². The van der Waals surface area contributed by atoms with Crippen LogP contribution in [0.4, 0.5) is 0 Å². The third-order valence-corrected chi connectivity index (χ3v) is 2.09. The molecule has 1 rings (SSSR count). The van der Waals surface area contributed by atoms with E-state index in [0.717, 1.165) is 0 Å². The second-order valence-corrected chi connectivity index (χ2v) is 4.60. The normalized spacial score (nSPS) is 11.0. The molecule has 0 saturated carbocycles. The molecule has 1 aromatic rings. The first-order valence-corrected chi connectivity index (χ1v) is 5.26. The maximum atomic E-state index is 11.8. The van der Waals surface area contributed by atoms with Crippen molar-refractivity contribution in [2.75, 3.05) is 0 Å². The van der Waals surface area contributed by atoms with Gasteiger partial charge in [0.2, 0.25) is 5.91 Å². The molecule has 17 heavy (non-hydrogen) atoms. The van der Waals surface area contributed by atoms with Crippen molar-refractivity contribution in [2.45, 2.75) is 25.8 Å². The molecule has 0 aliphatic carbocycles. The Hall–Kier alpha value is -1.69. The first kappa shape index (κ1) is 13.4. The monoisotopic (exact) mass is 256 g/mol. The Kier molecular flexibility index (Phi) is 4.01. The average Bonchev–Trinajstić information content (AvgIpc) is 2.14. The largest absolute Gasteiger partial charge is 0.370 e. The van der Waals surface area contributed by atoms with E-state index in [1.807, 2.05) is 0 Å². The van der Waals surface area contributed by atoms with E-state index in [9.17, 15) is 9.59 Å². The highest BCUT2D eigenvalue weighted by Gasteiger charge is 2.24. The van der Waals surface area contributed by atoms with Crippen LogP contribution in [0, 0.1) is 0 Å². The maximum Gasteiger partial charge on any atom is 0.271 e. The van der Waals surface area contributed by atoms with Gasteiger partial charge in [0.25, 0.3) is 5.91 Å². The van der Waals surface area contributed by atoms with Gasteiger partial charge >= 0.3 is 0 Å². The molecule has 0 fully saturated rings. The van der Waals surface area contributed by atoms with E-state index in [4.69, 9.17) is 17.3 Å². The van der Waals surface area contributed by atoms with Crippen LogP contribution in [0.15, 0.2) is 12.4 Å². The topological polar surface area (TPSA) is 98.0 Å². The summed E-state index contributed by atoms with van der Waals surface area (Å²) in [5, 5.41) is 2.76. The van der Waals surface area contributed by atoms with Crippen molar-refractivity contribution in [2.24, 2.45) is 5.73 Å². The van der Waals surface area contributed by atoms with Crippen molar-refractivity contribution >= 4 is 23.4 Å². The molecule has 3 N–H and O–H groups in total. The Morgan fingerprint density at radius 3 is 2.65 bits per heavy atom. The van der Waals surface area contributed by atoms with Crippen LogP contribution in [0.25, 0.3) is 0 Å². The van der Waals surface area contributed by atoms with Crippen molar-refractivity contribution in [3.8, 4) is 0 Å². The minimum atomic E-state index is -0.743. The Morgan fingerprint density at radius 1 is 1.47 bits per heavy atom. The summed E-state index contributed by atoms with van der Waals surface area (Å²) in [7, 11) is 0. The van der Waals surface area contributed by atoms with Crippen molar-refractivity contribution in [1.29, 1.82) is 0 Å². The van der Waals surface area contributed by atoms with Gasteiger partial charge in [0.05, 0.1) is 12.4 Å². The van der Waals surface area contributed by atoms with Gasteiger partial charge in [-0.3, -0.25) is 14.6 Å². The second kappa shape index (κ2) is 5.09. The molecule has 0 bridgehead atoms. The molecule has 0 unspecified atom stereocenters. The van der Waals surface area contributed by atoms with E-state index in [1.54, 1.807) is 13.8 Å². The third kappa shape index (κ3) is 4.36. The number of aromatic nitrogens is 2. The van der Waals surface area contributed by atoms with Crippen LogP contribution in [0.5, 0.6) is 0 Å². The van der Waals surface area contributed by atoms with E-state index in [0.29, 0.717) is 0 Å². The molecule has 0 aliphatic heterocycles. The molecule has 2 amide bonds. The number of hydrogen-bond acceptors (Lipinski definition) is 4. The molecule has 0 atom stereocenters. The number of carbonyl (C=O) groups is 2. The lowest BCUT2D eigenvalue weighted by atomic mass is 10.0. The SMILES string of the molecule is CC(C)(CC(N)=O)NC(=O)c1cncc(Cl)n1. The van der Waals surface area contributed by atoms with Crippen LogP contribution in [-0.2, 0) is 4.79 Å².